The normalized spacial score (nSPS) is 11.8. The van der Waals surface area contributed by atoms with E-state index in [1.807, 2.05) is 18.2 Å². The number of hydrogen-bond donors (Lipinski definition) is 0. The van der Waals surface area contributed by atoms with Crippen molar-refractivity contribution in [3.05, 3.63) is 46.2 Å². The van der Waals surface area contributed by atoms with Crippen LogP contribution in [0.15, 0.2) is 24.3 Å². The van der Waals surface area contributed by atoms with Crippen LogP contribution in [-0.4, -0.2) is 40.1 Å². The zero-order chi connectivity index (χ0) is 18.4. The molecular weight excluding hydrogens is 346 g/mol. The van der Waals surface area contributed by atoms with Gasteiger partial charge in [-0.15, -0.1) is 5.10 Å². The van der Waals surface area contributed by atoms with Gasteiger partial charge in [-0.2, -0.15) is 0 Å². The summed E-state index contributed by atoms with van der Waals surface area (Å²) < 4.78 is 11.5. The van der Waals surface area contributed by atoms with Crippen molar-refractivity contribution in [1.29, 1.82) is 0 Å². The van der Waals surface area contributed by atoms with Gasteiger partial charge in [0.2, 0.25) is 0 Å². The second-order valence-electron chi connectivity index (χ2n) is 5.25. The summed E-state index contributed by atoms with van der Waals surface area (Å²) >= 11 is 6.20. The standard InChI is InChI=1S/C17H20ClN3O4/c1-4-24-16(22)14(10-12-8-6-7-9-13(12)18)21-11(3)15(19-20-21)17(23)25-5-2/h6-9,14H,4-5,10H2,1-3H3. The molecule has 0 saturated carbocycles. The first-order chi connectivity index (χ1) is 12.0. The molecule has 1 heterocycles. The van der Waals surface area contributed by atoms with E-state index in [-0.39, 0.29) is 25.3 Å². The first-order valence-corrected chi connectivity index (χ1v) is 8.36. The highest BCUT2D eigenvalue weighted by Gasteiger charge is 2.29. The minimum Gasteiger partial charge on any atom is -0.464 e. The van der Waals surface area contributed by atoms with Gasteiger partial charge in [0.25, 0.3) is 0 Å². The molecule has 0 spiro atoms. The number of halogens is 1. The number of esters is 2. The van der Waals surface area contributed by atoms with E-state index in [0.29, 0.717) is 10.7 Å². The van der Waals surface area contributed by atoms with Crippen molar-refractivity contribution in [2.75, 3.05) is 13.2 Å². The number of benzene rings is 1. The fourth-order valence-electron chi connectivity index (χ4n) is 2.41. The van der Waals surface area contributed by atoms with E-state index in [1.54, 1.807) is 26.8 Å². The Bertz CT molecular complexity index is 760. The van der Waals surface area contributed by atoms with Crippen molar-refractivity contribution >= 4 is 23.5 Å². The van der Waals surface area contributed by atoms with E-state index in [9.17, 15) is 9.59 Å². The molecule has 7 nitrogen and oxygen atoms in total. The predicted molar refractivity (Wildman–Crippen MR) is 91.5 cm³/mol. The zero-order valence-electron chi connectivity index (χ0n) is 14.4. The summed E-state index contributed by atoms with van der Waals surface area (Å²) in [6.45, 7) is 5.55. The van der Waals surface area contributed by atoms with Gasteiger partial charge in [0.05, 0.1) is 18.9 Å². The van der Waals surface area contributed by atoms with Crippen molar-refractivity contribution in [2.45, 2.75) is 33.2 Å². The van der Waals surface area contributed by atoms with Crippen LogP contribution < -0.4 is 0 Å². The lowest BCUT2D eigenvalue weighted by molar-refractivity contribution is -0.147. The molecular formula is C17H20ClN3O4. The predicted octanol–water partition coefficient (Wildman–Crippen LogP) is 2.76. The molecule has 0 saturated heterocycles. The minimum atomic E-state index is -0.782. The van der Waals surface area contributed by atoms with Crippen molar-refractivity contribution in [1.82, 2.24) is 15.0 Å². The maximum atomic E-state index is 12.4. The van der Waals surface area contributed by atoms with Crippen LogP contribution in [0.4, 0.5) is 0 Å². The molecule has 8 heteroatoms. The summed E-state index contributed by atoms with van der Waals surface area (Å²) in [5.41, 5.74) is 1.29. The van der Waals surface area contributed by atoms with Gasteiger partial charge in [0, 0.05) is 11.4 Å². The third kappa shape index (κ3) is 4.36. The molecule has 134 valence electrons. The Kier molecular flexibility index (Phi) is 6.52. The molecule has 0 N–H and O–H groups in total. The molecule has 0 aliphatic rings. The Labute approximate surface area is 150 Å². The van der Waals surface area contributed by atoms with Crippen LogP contribution in [0.1, 0.15) is 41.6 Å². The Morgan fingerprint density at radius 2 is 1.88 bits per heavy atom. The van der Waals surface area contributed by atoms with E-state index < -0.39 is 18.0 Å². The fourth-order valence-corrected chi connectivity index (χ4v) is 2.62. The third-order valence-corrected chi connectivity index (χ3v) is 3.99. The van der Waals surface area contributed by atoms with E-state index in [1.165, 1.54) is 4.68 Å². The van der Waals surface area contributed by atoms with Crippen LogP contribution in [0.2, 0.25) is 5.02 Å². The molecule has 0 aliphatic heterocycles. The van der Waals surface area contributed by atoms with Crippen LogP contribution in [0.5, 0.6) is 0 Å². The van der Waals surface area contributed by atoms with Crippen LogP contribution in [-0.2, 0) is 20.7 Å². The highest BCUT2D eigenvalue weighted by atomic mass is 35.5. The van der Waals surface area contributed by atoms with Gasteiger partial charge in [-0.1, -0.05) is 35.0 Å². The number of carbonyl (C=O) groups excluding carboxylic acids is 2. The quantitative estimate of drug-likeness (QED) is 0.701. The summed E-state index contributed by atoms with van der Waals surface area (Å²) in [6.07, 6.45) is 0.269. The van der Waals surface area contributed by atoms with E-state index >= 15 is 0 Å². The Morgan fingerprint density at radius 1 is 1.20 bits per heavy atom. The highest BCUT2D eigenvalue weighted by Crippen LogP contribution is 2.23. The average Bonchev–Trinajstić information content (AvgIpc) is 2.96. The zero-order valence-corrected chi connectivity index (χ0v) is 15.1. The van der Waals surface area contributed by atoms with Gasteiger partial charge in [-0.25, -0.2) is 14.3 Å². The molecule has 1 aromatic heterocycles. The SMILES string of the molecule is CCOC(=O)c1nnn(C(Cc2ccccc2Cl)C(=O)OCC)c1C. The molecule has 25 heavy (non-hydrogen) atoms. The van der Waals surface area contributed by atoms with Gasteiger partial charge >= 0.3 is 11.9 Å². The molecule has 2 aromatic rings. The van der Waals surface area contributed by atoms with Crippen molar-refractivity contribution in [3.63, 3.8) is 0 Å². The van der Waals surface area contributed by atoms with Gasteiger partial charge in [-0.3, -0.25) is 0 Å². The lowest BCUT2D eigenvalue weighted by Crippen LogP contribution is -2.26. The smallest absolute Gasteiger partial charge is 0.360 e. The number of nitrogens with zero attached hydrogens (tertiary/aromatic N) is 3. The molecule has 1 unspecified atom stereocenters. The second kappa shape index (κ2) is 8.62. The van der Waals surface area contributed by atoms with Crippen LogP contribution >= 0.6 is 11.6 Å². The maximum absolute atomic E-state index is 12.4. The molecule has 0 fully saturated rings. The highest BCUT2D eigenvalue weighted by molar-refractivity contribution is 6.31. The van der Waals surface area contributed by atoms with E-state index in [4.69, 9.17) is 21.1 Å². The Balaban J connectivity index is 2.38. The van der Waals surface area contributed by atoms with Crippen molar-refractivity contribution < 1.29 is 19.1 Å². The minimum absolute atomic E-state index is 0.0790. The van der Waals surface area contributed by atoms with Crippen molar-refractivity contribution in [2.24, 2.45) is 0 Å². The van der Waals surface area contributed by atoms with E-state index in [2.05, 4.69) is 10.3 Å². The molecule has 0 bridgehead atoms. The summed E-state index contributed by atoms with van der Waals surface area (Å²) in [4.78, 5) is 24.4. The molecule has 0 amide bonds. The summed E-state index contributed by atoms with van der Waals surface area (Å²) in [7, 11) is 0. The number of rotatable bonds is 7. The molecule has 1 atom stereocenters. The molecule has 0 radical (unpaired) electrons. The van der Waals surface area contributed by atoms with E-state index in [0.717, 1.165) is 5.56 Å². The number of carbonyl (C=O) groups is 2. The Morgan fingerprint density at radius 3 is 2.52 bits per heavy atom. The van der Waals surface area contributed by atoms with Gasteiger partial charge in [0.15, 0.2) is 11.7 Å². The topological polar surface area (TPSA) is 83.3 Å². The first kappa shape index (κ1) is 18.9. The molecule has 0 aliphatic carbocycles. The molecule has 1 aromatic carbocycles. The fraction of sp³-hybridized carbons (Fsp3) is 0.412. The second-order valence-corrected chi connectivity index (χ2v) is 5.66. The number of aromatic nitrogens is 3. The summed E-state index contributed by atoms with van der Waals surface area (Å²) in [6, 6.07) is 6.44. The van der Waals surface area contributed by atoms with Crippen LogP contribution in [0, 0.1) is 6.92 Å². The summed E-state index contributed by atoms with van der Waals surface area (Å²) in [5.74, 6) is -1.04. The van der Waals surface area contributed by atoms with Gasteiger partial charge in [0.1, 0.15) is 0 Å². The van der Waals surface area contributed by atoms with Gasteiger partial charge < -0.3 is 9.47 Å². The largest absolute Gasteiger partial charge is 0.464 e. The van der Waals surface area contributed by atoms with Gasteiger partial charge in [-0.05, 0) is 32.4 Å². The lowest BCUT2D eigenvalue weighted by atomic mass is 10.1. The lowest BCUT2D eigenvalue weighted by Gasteiger charge is -2.17. The third-order valence-electron chi connectivity index (χ3n) is 3.62. The monoisotopic (exact) mass is 365 g/mol. The van der Waals surface area contributed by atoms with Crippen LogP contribution in [0.25, 0.3) is 0 Å². The van der Waals surface area contributed by atoms with Crippen molar-refractivity contribution in [3.8, 4) is 0 Å². The number of hydrogen-bond acceptors (Lipinski definition) is 6. The summed E-state index contributed by atoms with van der Waals surface area (Å²) in [5, 5.41) is 8.37. The maximum Gasteiger partial charge on any atom is 0.360 e. The molecule has 2 rings (SSSR count). The first-order valence-electron chi connectivity index (χ1n) is 7.98. The number of ether oxygens (including phenoxy) is 2. The Hall–Kier alpha value is -2.41. The average molecular weight is 366 g/mol. The van der Waals surface area contributed by atoms with Crippen LogP contribution in [0.3, 0.4) is 0 Å².